The van der Waals surface area contributed by atoms with Gasteiger partial charge in [0.25, 0.3) is 0 Å². The first-order chi connectivity index (χ1) is 7.75. The van der Waals surface area contributed by atoms with Crippen molar-refractivity contribution >= 4 is 5.91 Å². The summed E-state index contributed by atoms with van der Waals surface area (Å²) >= 11 is 0. The van der Waals surface area contributed by atoms with Gasteiger partial charge < -0.3 is 9.64 Å². The molecule has 2 aliphatic heterocycles. The maximum absolute atomic E-state index is 11.5. The fourth-order valence-electron chi connectivity index (χ4n) is 2.56. The highest BCUT2D eigenvalue weighted by Crippen LogP contribution is 2.13. The molecule has 0 spiro atoms. The van der Waals surface area contributed by atoms with E-state index in [4.69, 9.17) is 4.74 Å². The zero-order chi connectivity index (χ0) is 11.4. The number of morpholine rings is 1. The Morgan fingerprint density at radius 1 is 1.25 bits per heavy atom. The number of carbonyl (C=O) groups is 1. The molecule has 0 N–H and O–H groups in total. The number of likely N-dealkylation sites (tertiary alicyclic amines) is 1. The largest absolute Gasteiger partial charge is 0.379 e. The van der Waals surface area contributed by atoms with Crippen LogP contribution in [-0.2, 0) is 9.53 Å². The Labute approximate surface area is 97.5 Å². The van der Waals surface area contributed by atoms with Crippen molar-refractivity contribution in [2.45, 2.75) is 19.8 Å². The van der Waals surface area contributed by atoms with Crippen LogP contribution in [0.3, 0.4) is 0 Å². The van der Waals surface area contributed by atoms with Gasteiger partial charge in [-0.2, -0.15) is 0 Å². The average Bonchev–Trinajstić information content (AvgIpc) is 2.66. The van der Waals surface area contributed by atoms with Gasteiger partial charge in [-0.3, -0.25) is 9.69 Å². The summed E-state index contributed by atoms with van der Waals surface area (Å²) in [6.45, 7) is 9.01. The van der Waals surface area contributed by atoms with Gasteiger partial charge in [0.15, 0.2) is 0 Å². The molecule has 2 fully saturated rings. The molecule has 4 heteroatoms. The zero-order valence-electron chi connectivity index (χ0n) is 10.2. The van der Waals surface area contributed by atoms with Gasteiger partial charge in [0.05, 0.1) is 13.2 Å². The molecule has 0 aromatic carbocycles. The van der Waals surface area contributed by atoms with Crippen LogP contribution in [0.5, 0.6) is 0 Å². The summed E-state index contributed by atoms with van der Waals surface area (Å²) in [7, 11) is 0. The van der Waals surface area contributed by atoms with Crippen molar-refractivity contribution in [1.29, 1.82) is 0 Å². The second kappa shape index (κ2) is 5.64. The predicted molar refractivity (Wildman–Crippen MR) is 62.2 cm³/mol. The van der Waals surface area contributed by atoms with Crippen LogP contribution in [0.15, 0.2) is 0 Å². The van der Waals surface area contributed by atoms with Gasteiger partial charge in [-0.1, -0.05) is 6.92 Å². The van der Waals surface area contributed by atoms with Crippen molar-refractivity contribution in [2.24, 2.45) is 5.92 Å². The van der Waals surface area contributed by atoms with Crippen LogP contribution in [-0.4, -0.2) is 61.6 Å². The summed E-state index contributed by atoms with van der Waals surface area (Å²) in [4.78, 5) is 16.0. The maximum Gasteiger partial charge on any atom is 0.222 e. The fourth-order valence-corrected chi connectivity index (χ4v) is 2.56. The van der Waals surface area contributed by atoms with Gasteiger partial charge in [-0.25, -0.2) is 0 Å². The van der Waals surface area contributed by atoms with Gasteiger partial charge in [0, 0.05) is 39.1 Å². The molecule has 4 nitrogen and oxygen atoms in total. The number of amides is 1. The van der Waals surface area contributed by atoms with Crippen molar-refractivity contribution in [3.05, 3.63) is 0 Å². The van der Waals surface area contributed by atoms with E-state index in [1.807, 2.05) is 4.90 Å². The number of nitrogens with zero attached hydrogens (tertiary/aromatic N) is 2. The Morgan fingerprint density at radius 2 is 2.00 bits per heavy atom. The lowest BCUT2D eigenvalue weighted by atomic mass is 10.1. The third kappa shape index (κ3) is 3.19. The van der Waals surface area contributed by atoms with E-state index in [0.717, 1.165) is 58.8 Å². The first kappa shape index (κ1) is 11.9. The summed E-state index contributed by atoms with van der Waals surface area (Å²) < 4.78 is 5.33. The molecule has 2 heterocycles. The molecule has 0 aromatic heterocycles. The van der Waals surface area contributed by atoms with Crippen molar-refractivity contribution in [2.75, 3.05) is 45.9 Å². The standard InChI is InChI=1S/C12H22N2O2/c1-11(9-13-5-7-16-8-6-13)10-14-4-2-3-12(14)15/h11H,2-10H2,1H3. The molecule has 1 atom stereocenters. The Kier molecular flexibility index (Phi) is 4.18. The summed E-state index contributed by atoms with van der Waals surface area (Å²) in [5, 5.41) is 0. The van der Waals surface area contributed by atoms with E-state index in [-0.39, 0.29) is 0 Å². The molecule has 2 saturated heterocycles. The monoisotopic (exact) mass is 226 g/mol. The molecule has 92 valence electrons. The molecule has 0 aliphatic carbocycles. The van der Waals surface area contributed by atoms with Gasteiger partial charge in [-0.05, 0) is 12.3 Å². The highest BCUT2D eigenvalue weighted by Gasteiger charge is 2.23. The molecule has 2 rings (SSSR count). The van der Waals surface area contributed by atoms with E-state index in [1.54, 1.807) is 0 Å². The molecular weight excluding hydrogens is 204 g/mol. The fraction of sp³-hybridized carbons (Fsp3) is 0.917. The number of rotatable bonds is 4. The minimum atomic E-state index is 0.342. The van der Waals surface area contributed by atoms with Crippen LogP contribution >= 0.6 is 0 Å². The van der Waals surface area contributed by atoms with Crippen molar-refractivity contribution in [3.63, 3.8) is 0 Å². The van der Waals surface area contributed by atoms with Crippen molar-refractivity contribution in [3.8, 4) is 0 Å². The highest BCUT2D eigenvalue weighted by molar-refractivity contribution is 5.78. The SMILES string of the molecule is CC(CN1CCOCC1)CN1CCCC1=O. The predicted octanol–water partition coefficient (Wildman–Crippen LogP) is 0.577. The molecule has 1 unspecified atom stereocenters. The molecule has 16 heavy (non-hydrogen) atoms. The van der Waals surface area contributed by atoms with Crippen LogP contribution < -0.4 is 0 Å². The topological polar surface area (TPSA) is 32.8 Å². The van der Waals surface area contributed by atoms with Gasteiger partial charge >= 0.3 is 0 Å². The summed E-state index contributed by atoms with van der Waals surface area (Å²) in [6.07, 6.45) is 1.80. The van der Waals surface area contributed by atoms with E-state index in [0.29, 0.717) is 11.8 Å². The first-order valence-corrected chi connectivity index (χ1v) is 6.33. The maximum atomic E-state index is 11.5. The Balaban J connectivity index is 1.70. The van der Waals surface area contributed by atoms with E-state index < -0.39 is 0 Å². The molecule has 0 saturated carbocycles. The molecular formula is C12H22N2O2. The van der Waals surface area contributed by atoms with E-state index in [9.17, 15) is 4.79 Å². The number of carbonyl (C=O) groups excluding carboxylic acids is 1. The Hall–Kier alpha value is -0.610. The van der Waals surface area contributed by atoms with E-state index in [1.165, 1.54) is 0 Å². The lowest BCUT2D eigenvalue weighted by Gasteiger charge is -2.30. The van der Waals surface area contributed by atoms with Crippen molar-refractivity contribution in [1.82, 2.24) is 9.80 Å². The highest BCUT2D eigenvalue weighted by atomic mass is 16.5. The van der Waals surface area contributed by atoms with E-state index >= 15 is 0 Å². The third-order valence-electron chi connectivity index (χ3n) is 3.38. The summed E-state index contributed by atoms with van der Waals surface area (Å²) in [5.41, 5.74) is 0. The quantitative estimate of drug-likeness (QED) is 0.703. The second-order valence-electron chi connectivity index (χ2n) is 4.96. The smallest absolute Gasteiger partial charge is 0.222 e. The number of hydrogen-bond donors (Lipinski definition) is 0. The molecule has 0 radical (unpaired) electrons. The van der Waals surface area contributed by atoms with Crippen LogP contribution in [0.25, 0.3) is 0 Å². The minimum absolute atomic E-state index is 0.342. The minimum Gasteiger partial charge on any atom is -0.379 e. The first-order valence-electron chi connectivity index (χ1n) is 6.33. The molecule has 2 aliphatic rings. The number of ether oxygens (including phenoxy) is 1. The van der Waals surface area contributed by atoms with Gasteiger partial charge in [0.1, 0.15) is 0 Å². The summed E-state index contributed by atoms with van der Waals surface area (Å²) in [5.74, 6) is 0.911. The molecule has 0 aromatic rings. The van der Waals surface area contributed by atoms with Crippen molar-refractivity contribution < 1.29 is 9.53 Å². The van der Waals surface area contributed by atoms with Crippen LogP contribution in [0.4, 0.5) is 0 Å². The summed E-state index contributed by atoms with van der Waals surface area (Å²) in [6, 6.07) is 0. The second-order valence-corrected chi connectivity index (χ2v) is 4.96. The van der Waals surface area contributed by atoms with Gasteiger partial charge in [-0.15, -0.1) is 0 Å². The third-order valence-corrected chi connectivity index (χ3v) is 3.38. The van der Waals surface area contributed by atoms with Crippen LogP contribution in [0.1, 0.15) is 19.8 Å². The zero-order valence-corrected chi connectivity index (χ0v) is 10.2. The van der Waals surface area contributed by atoms with Crippen LogP contribution in [0.2, 0.25) is 0 Å². The average molecular weight is 226 g/mol. The van der Waals surface area contributed by atoms with E-state index in [2.05, 4.69) is 11.8 Å². The molecule has 1 amide bonds. The molecule has 0 bridgehead atoms. The van der Waals surface area contributed by atoms with Crippen LogP contribution in [0, 0.1) is 5.92 Å². The van der Waals surface area contributed by atoms with Gasteiger partial charge in [0.2, 0.25) is 5.91 Å². The lowest BCUT2D eigenvalue weighted by Crippen LogP contribution is -2.41. The normalized spacial score (nSPS) is 25.1. The lowest BCUT2D eigenvalue weighted by molar-refractivity contribution is -0.128. The Bertz CT molecular complexity index is 239. The Morgan fingerprint density at radius 3 is 2.62 bits per heavy atom. The number of hydrogen-bond acceptors (Lipinski definition) is 3.